The van der Waals surface area contributed by atoms with Gasteiger partial charge in [0.15, 0.2) is 0 Å². The first kappa shape index (κ1) is 17.7. The SMILES string of the molecule is O=C(NCC1CCCO1)c1cccc(-c2nc3ccccc3n2CCO)c1. The lowest BCUT2D eigenvalue weighted by Gasteiger charge is -2.12. The number of rotatable bonds is 6. The highest BCUT2D eigenvalue weighted by molar-refractivity contribution is 5.95. The van der Waals surface area contributed by atoms with Crippen LogP contribution >= 0.6 is 0 Å². The number of ether oxygens (including phenoxy) is 1. The zero-order chi connectivity index (χ0) is 18.6. The summed E-state index contributed by atoms with van der Waals surface area (Å²) in [5.41, 5.74) is 3.28. The summed E-state index contributed by atoms with van der Waals surface area (Å²) in [6.45, 7) is 1.78. The summed E-state index contributed by atoms with van der Waals surface area (Å²) in [7, 11) is 0. The van der Waals surface area contributed by atoms with Gasteiger partial charge in [0.1, 0.15) is 5.82 Å². The number of fused-ring (bicyclic) bond motifs is 1. The molecule has 1 saturated heterocycles. The Labute approximate surface area is 157 Å². The highest BCUT2D eigenvalue weighted by atomic mass is 16.5. The van der Waals surface area contributed by atoms with E-state index in [2.05, 4.69) is 5.32 Å². The third-order valence-electron chi connectivity index (χ3n) is 4.88. The maximum Gasteiger partial charge on any atom is 0.251 e. The van der Waals surface area contributed by atoms with Crippen molar-refractivity contribution in [3.63, 3.8) is 0 Å². The largest absolute Gasteiger partial charge is 0.395 e. The Kier molecular flexibility index (Phi) is 5.18. The quantitative estimate of drug-likeness (QED) is 0.704. The number of aliphatic hydroxyl groups is 1. The smallest absolute Gasteiger partial charge is 0.251 e. The van der Waals surface area contributed by atoms with Gasteiger partial charge in [0.2, 0.25) is 0 Å². The van der Waals surface area contributed by atoms with E-state index in [4.69, 9.17) is 9.72 Å². The van der Waals surface area contributed by atoms with E-state index >= 15 is 0 Å². The van der Waals surface area contributed by atoms with Crippen molar-refractivity contribution in [3.05, 3.63) is 54.1 Å². The van der Waals surface area contributed by atoms with Gasteiger partial charge in [0, 0.05) is 30.8 Å². The molecule has 0 saturated carbocycles. The normalized spacial score (nSPS) is 16.7. The minimum atomic E-state index is -0.114. The Morgan fingerprint density at radius 2 is 2.15 bits per heavy atom. The number of amides is 1. The molecule has 1 atom stereocenters. The van der Waals surface area contributed by atoms with Gasteiger partial charge in [-0.05, 0) is 37.1 Å². The number of benzene rings is 2. The van der Waals surface area contributed by atoms with Gasteiger partial charge < -0.3 is 19.7 Å². The molecule has 1 aliphatic heterocycles. The summed E-state index contributed by atoms with van der Waals surface area (Å²) in [6.07, 6.45) is 2.16. The molecule has 0 bridgehead atoms. The van der Waals surface area contributed by atoms with Crippen LogP contribution in [0.1, 0.15) is 23.2 Å². The van der Waals surface area contributed by atoms with Gasteiger partial charge in [-0.2, -0.15) is 0 Å². The predicted molar refractivity (Wildman–Crippen MR) is 104 cm³/mol. The summed E-state index contributed by atoms with van der Waals surface area (Å²) in [5, 5.41) is 12.4. The first-order valence-electron chi connectivity index (χ1n) is 9.32. The summed E-state index contributed by atoms with van der Waals surface area (Å²) < 4.78 is 7.54. The summed E-state index contributed by atoms with van der Waals surface area (Å²) in [5.74, 6) is 0.635. The van der Waals surface area contributed by atoms with Crippen LogP contribution in [0, 0.1) is 0 Å². The molecule has 6 heteroatoms. The molecule has 2 heterocycles. The van der Waals surface area contributed by atoms with Crippen LogP contribution in [0.2, 0.25) is 0 Å². The third-order valence-corrected chi connectivity index (χ3v) is 4.88. The van der Waals surface area contributed by atoms with Crippen molar-refractivity contribution < 1.29 is 14.6 Å². The molecule has 4 rings (SSSR count). The molecule has 1 aromatic heterocycles. The van der Waals surface area contributed by atoms with Crippen molar-refractivity contribution in [1.82, 2.24) is 14.9 Å². The molecule has 1 aliphatic rings. The van der Waals surface area contributed by atoms with E-state index in [1.807, 2.05) is 47.0 Å². The van der Waals surface area contributed by atoms with Gasteiger partial charge >= 0.3 is 0 Å². The fourth-order valence-corrected chi connectivity index (χ4v) is 3.54. The Hall–Kier alpha value is -2.70. The van der Waals surface area contributed by atoms with Crippen molar-refractivity contribution in [2.24, 2.45) is 0 Å². The third kappa shape index (κ3) is 3.72. The van der Waals surface area contributed by atoms with Gasteiger partial charge in [-0.15, -0.1) is 0 Å². The minimum absolute atomic E-state index is 0.0227. The Balaban J connectivity index is 1.61. The second kappa shape index (κ2) is 7.90. The average Bonchev–Trinajstić information content (AvgIpc) is 3.35. The highest BCUT2D eigenvalue weighted by Gasteiger charge is 2.18. The minimum Gasteiger partial charge on any atom is -0.395 e. The number of hydrogen-bond acceptors (Lipinski definition) is 4. The van der Waals surface area contributed by atoms with Gasteiger partial charge in [0.25, 0.3) is 5.91 Å². The first-order chi connectivity index (χ1) is 13.3. The number of carbonyl (C=O) groups is 1. The summed E-state index contributed by atoms with van der Waals surface area (Å²) >= 11 is 0. The van der Waals surface area contributed by atoms with Crippen molar-refractivity contribution in [1.29, 1.82) is 0 Å². The molecular weight excluding hydrogens is 342 g/mol. The van der Waals surface area contributed by atoms with Crippen LogP contribution in [0.15, 0.2) is 48.5 Å². The van der Waals surface area contributed by atoms with Crippen molar-refractivity contribution in [2.75, 3.05) is 19.8 Å². The maximum atomic E-state index is 12.5. The summed E-state index contributed by atoms with van der Waals surface area (Å²) in [6, 6.07) is 15.3. The van der Waals surface area contributed by atoms with Crippen LogP contribution in [0.3, 0.4) is 0 Å². The number of aromatic nitrogens is 2. The second-order valence-electron chi connectivity index (χ2n) is 6.73. The van der Waals surface area contributed by atoms with Gasteiger partial charge in [-0.1, -0.05) is 24.3 Å². The fraction of sp³-hybridized carbons (Fsp3) is 0.333. The average molecular weight is 365 g/mol. The topological polar surface area (TPSA) is 76.4 Å². The molecule has 0 radical (unpaired) electrons. The number of aliphatic hydroxyl groups excluding tert-OH is 1. The number of imidazole rings is 1. The molecule has 3 aromatic rings. The molecular formula is C21H23N3O3. The van der Waals surface area contributed by atoms with E-state index in [0.717, 1.165) is 41.9 Å². The zero-order valence-corrected chi connectivity index (χ0v) is 15.1. The monoisotopic (exact) mass is 365 g/mol. The molecule has 6 nitrogen and oxygen atoms in total. The second-order valence-corrected chi connectivity index (χ2v) is 6.73. The molecule has 1 unspecified atom stereocenters. The Morgan fingerprint density at radius 1 is 1.26 bits per heavy atom. The summed E-state index contributed by atoms with van der Waals surface area (Å²) in [4.78, 5) is 17.2. The van der Waals surface area contributed by atoms with Crippen molar-refractivity contribution in [2.45, 2.75) is 25.5 Å². The van der Waals surface area contributed by atoms with E-state index in [0.29, 0.717) is 18.7 Å². The highest BCUT2D eigenvalue weighted by Crippen LogP contribution is 2.25. The lowest BCUT2D eigenvalue weighted by molar-refractivity contribution is 0.0858. The molecule has 27 heavy (non-hydrogen) atoms. The van der Waals surface area contributed by atoms with Crippen molar-refractivity contribution >= 4 is 16.9 Å². The van der Waals surface area contributed by atoms with Gasteiger partial charge in [-0.25, -0.2) is 4.98 Å². The lowest BCUT2D eigenvalue weighted by Crippen LogP contribution is -2.31. The predicted octanol–water partition coefficient (Wildman–Crippen LogP) is 2.60. The van der Waals surface area contributed by atoms with Gasteiger partial charge in [0.05, 0.1) is 23.7 Å². The Bertz CT molecular complexity index is 945. The van der Waals surface area contributed by atoms with E-state index in [9.17, 15) is 9.90 Å². The van der Waals surface area contributed by atoms with Crippen molar-refractivity contribution in [3.8, 4) is 11.4 Å². The number of para-hydroxylation sites is 2. The Morgan fingerprint density at radius 3 is 2.96 bits per heavy atom. The van der Waals surface area contributed by atoms with E-state index in [-0.39, 0.29) is 18.6 Å². The fourth-order valence-electron chi connectivity index (χ4n) is 3.54. The van der Waals surface area contributed by atoms with Crippen LogP contribution in [0.25, 0.3) is 22.4 Å². The maximum absolute atomic E-state index is 12.5. The number of hydrogen-bond donors (Lipinski definition) is 2. The molecule has 0 spiro atoms. The first-order valence-corrected chi connectivity index (χ1v) is 9.32. The standard InChI is InChI=1S/C21H23N3O3/c25-11-10-24-19-9-2-1-8-18(19)23-20(24)15-5-3-6-16(13-15)21(26)22-14-17-7-4-12-27-17/h1-3,5-6,8-9,13,17,25H,4,7,10-12,14H2,(H,22,26). The molecule has 2 aromatic carbocycles. The van der Waals surface area contributed by atoms with Gasteiger partial charge in [-0.3, -0.25) is 4.79 Å². The zero-order valence-electron chi connectivity index (χ0n) is 15.1. The van der Waals surface area contributed by atoms with Crippen LogP contribution < -0.4 is 5.32 Å². The molecule has 2 N–H and O–H groups in total. The van der Waals surface area contributed by atoms with E-state index in [1.54, 1.807) is 6.07 Å². The molecule has 0 aliphatic carbocycles. The number of nitrogens with zero attached hydrogens (tertiary/aromatic N) is 2. The molecule has 1 fully saturated rings. The van der Waals surface area contributed by atoms with Crippen LogP contribution in [-0.2, 0) is 11.3 Å². The lowest BCUT2D eigenvalue weighted by atomic mass is 10.1. The number of nitrogens with one attached hydrogen (secondary N) is 1. The van der Waals surface area contributed by atoms with E-state index < -0.39 is 0 Å². The number of carbonyl (C=O) groups excluding carboxylic acids is 1. The molecule has 1 amide bonds. The van der Waals surface area contributed by atoms with Crippen LogP contribution in [0.4, 0.5) is 0 Å². The van der Waals surface area contributed by atoms with E-state index in [1.165, 1.54) is 0 Å². The van der Waals surface area contributed by atoms with Crippen LogP contribution in [-0.4, -0.2) is 46.4 Å². The van der Waals surface area contributed by atoms with Crippen LogP contribution in [0.5, 0.6) is 0 Å². The molecule has 140 valence electrons.